The fourth-order valence-electron chi connectivity index (χ4n) is 2.25. The summed E-state index contributed by atoms with van der Waals surface area (Å²) in [7, 11) is 0. The molecule has 2 unspecified atom stereocenters. The molecule has 1 saturated heterocycles. The zero-order valence-electron chi connectivity index (χ0n) is 12.0. The van der Waals surface area contributed by atoms with Crippen molar-refractivity contribution in [3.8, 4) is 5.75 Å². The van der Waals surface area contributed by atoms with Gasteiger partial charge in [0, 0.05) is 12.2 Å². The lowest BCUT2D eigenvalue weighted by Gasteiger charge is -2.20. The van der Waals surface area contributed by atoms with Gasteiger partial charge in [0.05, 0.1) is 12.1 Å². The molecule has 0 spiro atoms. The van der Waals surface area contributed by atoms with Gasteiger partial charge in [0.15, 0.2) is 6.61 Å². The van der Waals surface area contributed by atoms with Gasteiger partial charge in [0.1, 0.15) is 10.7 Å². The highest BCUT2D eigenvalue weighted by atomic mass is 32.1. The lowest BCUT2D eigenvalue weighted by atomic mass is 10.1. The lowest BCUT2D eigenvalue weighted by Crippen LogP contribution is -2.42. The van der Waals surface area contributed by atoms with Crippen LogP contribution in [0.25, 0.3) is 0 Å². The van der Waals surface area contributed by atoms with Gasteiger partial charge in [-0.1, -0.05) is 12.2 Å². The maximum absolute atomic E-state index is 11.8. The van der Waals surface area contributed by atoms with Crippen molar-refractivity contribution in [1.29, 1.82) is 0 Å². The van der Waals surface area contributed by atoms with Crippen LogP contribution in [0.5, 0.6) is 5.75 Å². The Kier molecular flexibility index (Phi) is 5.52. The number of ether oxygens (including phenoxy) is 2. The Morgan fingerprint density at radius 2 is 2.24 bits per heavy atom. The maximum atomic E-state index is 11.8. The second kappa shape index (κ2) is 7.38. The van der Waals surface area contributed by atoms with Crippen molar-refractivity contribution in [2.45, 2.75) is 31.9 Å². The van der Waals surface area contributed by atoms with Gasteiger partial charge in [0.2, 0.25) is 0 Å². The van der Waals surface area contributed by atoms with Gasteiger partial charge in [-0.2, -0.15) is 0 Å². The van der Waals surface area contributed by atoms with Crippen molar-refractivity contribution in [2.75, 3.05) is 13.2 Å². The number of nitrogens with two attached hydrogens (primary N) is 1. The number of thiocarbonyl (C=S) groups is 1. The number of rotatable bonds is 6. The SMILES string of the molecule is CC(NC(=O)COc1ccc(C(N)=S)cc1)C1CCCO1. The molecule has 1 aliphatic rings. The lowest BCUT2D eigenvalue weighted by molar-refractivity contribution is -0.124. The largest absolute Gasteiger partial charge is 0.484 e. The monoisotopic (exact) mass is 308 g/mol. The van der Waals surface area contributed by atoms with E-state index in [1.807, 2.05) is 6.92 Å². The fourth-order valence-corrected chi connectivity index (χ4v) is 2.39. The number of carbonyl (C=O) groups is 1. The van der Waals surface area contributed by atoms with Gasteiger partial charge in [-0.15, -0.1) is 0 Å². The molecule has 1 aliphatic heterocycles. The van der Waals surface area contributed by atoms with Gasteiger partial charge >= 0.3 is 0 Å². The summed E-state index contributed by atoms with van der Waals surface area (Å²) in [5, 5.41) is 2.89. The third-order valence-corrected chi connectivity index (χ3v) is 3.66. The molecule has 1 fully saturated rings. The van der Waals surface area contributed by atoms with Crippen LogP contribution in [0.1, 0.15) is 25.3 Å². The highest BCUT2D eigenvalue weighted by Gasteiger charge is 2.23. The number of carbonyl (C=O) groups excluding carboxylic acids is 1. The Labute approximate surface area is 129 Å². The van der Waals surface area contributed by atoms with E-state index < -0.39 is 0 Å². The van der Waals surface area contributed by atoms with Crippen molar-refractivity contribution in [2.24, 2.45) is 5.73 Å². The first-order valence-corrected chi connectivity index (χ1v) is 7.40. The molecule has 21 heavy (non-hydrogen) atoms. The summed E-state index contributed by atoms with van der Waals surface area (Å²) < 4.78 is 11.0. The van der Waals surface area contributed by atoms with Gasteiger partial charge < -0.3 is 20.5 Å². The van der Waals surface area contributed by atoms with E-state index >= 15 is 0 Å². The second-order valence-electron chi connectivity index (χ2n) is 5.08. The minimum atomic E-state index is -0.156. The average molecular weight is 308 g/mol. The summed E-state index contributed by atoms with van der Waals surface area (Å²) in [6, 6.07) is 7.02. The molecular weight excluding hydrogens is 288 g/mol. The molecular formula is C15H20N2O3S. The van der Waals surface area contributed by atoms with E-state index in [-0.39, 0.29) is 24.7 Å². The minimum Gasteiger partial charge on any atom is -0.484 e. The highest BCUT2D eigenvalue weighted by Crippen LogP contribution is 2.15. The summed E-state index contributed by atoms with van der Waals surface area (Å²) in [6.45, 7) is 2.70. The van der Waals surface area contributed by atoms with Crippen LogP contribution < -0.4 is 15.8 Å². The Balaban J connectivity index is 1.76. The van der Waals surface area contributed by atoms with E-state index in [4.69, 9.17) is 27.4 Å². The van der Waals surface area contributed by atoms with Crippen LogP contribution in [-0.2, 0) is 9.53 Å². The third kappa shape index (κ3) is 4.68. The molecule has 6 heteroatoms. The van der Waals surface area contributed by atoms with Crippen molar-refractivity contribution in [3.63, 3.8) is 0 Å². The molecule has 0 bridgehead atoms. The predicted molar refractivity (Wildman–Crippen MR) is 84.4 cm³/mol. The van der Waals surface area contributed by atoms with Crippen LogP contribution in [0.15, 0.2) is 24.3 Å². The quantitative estimate of drug-likeness (QED) is 0.777. The van der Waals surface area contributed by atoms with E-state index in [0.717, 1.165) is 25.0 Å². The number of nitrogens with one attached hydrogen (secondary N) is 1. The molecule has 0 aromatic heterocycles. The van der Waals surface area contributed by atoms with Gasteiger partial charge in [-0.05, 0) is 44.0 Å². The number of amides is 1. The minimum absolute atomic E-state index is 0.000546. The smallest absolute Gasteiger partial charge is 0.258 e. The number of hydrogen-bond donors (Lipinski definition) is 2. The van der Waals surface area contributed by atoms with Gasteiger partial charge in [0.25, 0.3) is 5.91 Å². The zero-order chi connectivity index (χ0) is 15.2. The van der Waals surface area contributed by atoms with Gasteiger partial charge in [-0.3, -0.25) is 4.79 Å². The fraction of sp³-hybridized carbons (Fsp3) is 0.467. The highest BCUT2D eigenvalue weighted by molar-refractivity contribution is 7.80. The summed E-state index contributed by atoms with van der Waals surface area (Å²) in [5.41, 5.74) is 6.29. The Morgan fingerprint density at radius 1 is 1.52 bits per heavy atom. The van der Waals surface area contributed by atoms with Crippen LogP contribution in [0.2, 0.25) is 0 Å². The van der Waals surface area contributed by atoms with Gasteiger partial charge in [-0.25, -0.2) is 0 Å². The van der Waals surface area contributed by atoms with Crippen LogP contribution >= 0.6 is 12.2 Å². The molecule has 0 saturated carbocycles. The van der Waals surface area contributed by atoms with E-state index in [2.05, 4.69) is 5.32 Å². The van der Waals surface area contributed by atoms with Crippen molar-refractivity contribution in [3.05, 3.63) is 29.8 Å². The van der Waals surface area contributed by atoms with E-state index in [1.54, 1.807) is 24.3 Å². The van der Waals surface area contributed by atoms with E-state index in [0.29, 0.717) is 10.7 Å². The Bertz CT molecular complexity index is 498. The second-order valence-corrected chi connectivity index (χ2v) is 5.52. The molecule has 114 valence electrons. The molecule has 0 aliphatic carbocycles. The summed E-state index contributed by atoms with van der Waals surface area (Å²) >= 11 is 4.87. The molecule has 0 radical (unpaired) electrons. The van der Waals surface area contributed by atoms with Crippen molar-refractivity contribution in [1.82, 2.24) is 5.32 Å². The first-order valence-electron chi connectivity index (χ1n) is 7.00. The Hall–Kier alpha value is -1.66. The maximum Gasteiger partial charge on any atom is 0.258 e. The first kappa shape index (κ1) is 15.7. The van der Waals surface area contributed by atoms with Crippen LogP contribution in [0, 0.1) is 0 Å². The average Bonchev–Trinajstić information content (AvgIpc) is 3.00. The molecule has 2 atom stereocenters. The van der Waals surface area contributed by atoms with E-state index in [1.165, 1.54) is 0 Å². The predicted octanol–water partition coefficient (Wildman–Crippen LogP) is 1.38. The molecule has 1 amide bonds. The number of benzene rings is 1. The molecule has 1 aromatic rings. The van der Waals surface area contributed by atoms with Crippen LogP contribution in [0.3, 0.4) is 0 Å². The summed E-state index contributed by atoms with van der Waals surface area (Å²) in [6.07, 6.45) is 2.15. The van der Waals surface area contributed by atoms with E-state index in [9.17, 15) is 4.79 Å². The summed E-state index contributed by atoms with van der Waals surface area (Å²) in [5.74, 6) is 0.450. The first-order chi connectivity index (χ1) is 10.1. The molecule has 1 heterocycles. The van der Waals surface area contributed by atoms with Crippen molar-refractivity contribution >= 4 is 23.1 Å². The van der Waals surface area contributed by atoms with Crippen LogP contribution in [-0.4, -0.2) is 36.3 Å². The zero-order valence-corrected chi connectivity index (χ0v) is 12.8. The normalized spacial score (nSPS) is 19.0. The molecule has 2 rings (SSSR count). The van der Waals surface area contributed by atoms with Crippen LogP contribution in [0.4, 0.5) is 0 Å². The topological polar surface area (TPSA) is 73.6 Å². The number of hydrogen-bond acceptors (Lipinski definition) is 4. The summed E-state index contributed by atoms with van der Waals surface area (Å²) in [4.78, 5) is 12.2. The van der Waals surface area contributed by atoms with Crippen molar-refractivity contribution < 1.29 is 14.3 Å². The Morgan fingerprint density at radius 3 is 2.81 bits per heavy atom. The standard InChI is InChI=1S/C15H20N2O3S/c1-10(13-3-2-8-19-13)17-14(18)9-20-12-6-4-11(5-7-12)15(16)21/h4-7,10,13H,2-3,8-9H2,1H3,(H2,16,21)(H,17,18). The molecule has 1 aromatic carbocycles. The molecule has 3 N–H and O–H groups in total. The molecule has 5 nitrogen and oxygen atoms in total. The third-order valence-electron chi connectivity index (χ3n) is 3.42.